The van der Waals surface area contributed by atoms with Gasteiger partial charge in [-0.05, 0) is 6.92 Å². The van der Waals surface area contributed by atoms with E-state index in [-0.39, 0.29) is 5.56 Å². The third-order valence-electron chi connectivity index (χ3n) is 1.79. The maximum absolute atomic E-state index is 12.2. The van der Waals surface area contributed by atoms with E-state index in [2.05, 4.69) is 5.10 Å². The molecule has 4 nitrogen and oxygen atoms in total. The molecule has 0 fully saturated rings. The van der Waals surface area contributed by atoms with E-state index in [1.54, 1.807) is 5.10 Å². The van der Waals surface area contributed by atoms with Crippen LogP contribution in [0.4, 0.5) is 13.2 Å². The third kappa shape index (κ3) is 1.86. The Hall–Kier alpha value is -1.53. The average Bonchev–Trinajstić information content (AvgIpc) is 2.48. The van der Waals surface area contributed by atoms with Gasteiger partial charge in [-0.1, -0.05) is 0 Å². The van der Waals surface area contributed by atoms with E-state index in [9.17, 15) is 18.0 Å². The zero-order chi connectivity index (χ0) is 10.9. The van der Waals surface area contributed by atoms with Crippen LogP contribution in [0.2, 0.25) is 0 Å². The molecule has 0 spiro atoms. The number of carboxylic acids is 1. The van der Waals surface area contributed by atoms with Crippen molar-refractivity contribution in [2.24, 2.45) is 0 Å². The maximum atomic E-state index is 12.2. The molecule has 0 bridgehead atoms. The average molecular weight is 208 g/mol. The van der Waals surface area contributed by atoms with Crippen LogP contribution in [0.1, 0.15) is 24.1 Å². The van der Waals surface area contributed by atoms with Crippen LogP contribution < -0.4 is 0 Å². The van der Waals surface area contributed by atoms with Gasteiger partial charge in [-0.25, -0.2) is 0 Å². The number of nitrogens with zero attached hydrogens (tertiary/aromatic N) is 1. The summed E-state index contributed by atoms with van der Waals surface area (Å²) in [4.78, 5) is 10.5. The van der Waals surface area contributed by atoms with Gasteiger partial charge < -0.3 is 5.11 Å². The summed E-state index contributed by atoms with van der Waals surface area (Å²) in [7, 11) is 0. The normalized spacial score (nSPS) is 14.0. The van der Waals surface area contributed by atoms with Crippen LogP contribution in [-0.2, 0) is 11.0 Å². The van der Waals surface area contributed by atoms with Crippen LogP contribution in [0.3, 0.4) is 0 Å². The van der Waals surface area contributed by atoms with Crippen LogP contribution in [0, 0.1) is 0 Å². The lowest BCUT2D eigenvalue weighted by Gasteiger charge is -2.09. The number of carboxylic acid groups (broad SMARTS) is 1. The smallest absolute Gasteiger partial charge is 0.433 e. The highest BCUT2D eigenvalue weighted by molar-refractivity contribution is 5.75. The molecule has 1 aromatic rings. The molecule has 1 atom stereocenters. The van der Waals surface area contributed by atoms with Gasteiger partial charge in [-0.15, -0.1) is 0 Å². The van der Waals surface area contributed by atoms with E-state index >= 15 is 0 Å². The molecule has 0 saturated carbocycles. The van der Waals surface area contributed by atoms with E-state index in [0.717, 1.165) is 6.20 Å². The summed E-state index contributed by atoms with van der Waals surface area (Å²) >= 11 is 0. The predicted molar refractivity (Wildman–Crippen MR) is 39.6 cm³/mol. The Balaban J connectivity index is 3.11. The molecule has 1 rings (SSSR count). The maximum Gasteiger partial charge on any atom is 0.433 e. The quantitative estimate of drug-likeness (QED) is 0.775. The summed E-state index contributed by atoms with van der Waals surface area (Å²) in [5.41, 5.74) is -1.46. The van der Waals surface area contributed by atoms with Gasteiger partial charge in [0, 0.05) is 5.56 Å². The molecule has 0 saturated heterocycles. The lowest BCUT2D eigenvalue weighted by molar-refractivity contribution is -0.143. The summed E-state index contributed by atoms with van der Waals surface area (Å²) in [5, 5.41) is 13.5. The lowest BCUT2D eigenvalue weighted by atomic mass is 10.0. The summed E-state index contributed by atoms with van der Waals surface area (Å²) in [5.74, 6) is -2.55. The first-order valence-corrected chi connectivity index (χ1v) is 3.67. The Morgan fingerprint density at radius 2 is 2.21 bits per heavy atom. The first-order valence-electron chi connectivity index (χ1n) is 3.67. The zero-order valence-corrected chi connectivity index (χ0v) is 7.09. The topological polar surface area (TPSA) is 66.0 Å². The molecule has 0 amide bonds. The van der Waals surface area contributed by atoms with Crippen LogP contribution in [0.25, 0.3) is 0 Å². The van der Waals surface area contributed by atoms with Crippen molar-refractivity contribution in [2.75, 3.05) is 0 Å². The molecular formula is C7H7F3N2O2. The van der Waals surface area contributed by atoms with Crippen molar-refractivity contribution >= 4 is 5.97 Å². The monoisotopic (exact) mass is 208 g/mol. The van der Waals surface area contributed by atoms with Crippen molar-refractivity contribution in [3.63, 3.8) is 0 Å². The highest BCUT2D eigenvalue weighted by Gasteiger charge is 2.37. The van der Waals surface area contributed by atoms with Crippen LogP contribution >= 0.6 is 0 Å². The molecule has 1 aromatic heterocycles. The van der Waals surface area contributed by atoms with Crippen molar-refractivity contribution in [1.29, 1.82) is 0 Å². The summed E-state index contributed by atoms with van der Waals surface area (Å²) in [6.07, 6.45) is -3.73. The number of nitrogens with one attached hydrogen (secondary N) is 1. The van der Waals surface area contributed by atoms with Crippen molar-refractivity contribution in [2.45, 2.75) is 19.0 Å². The molecule has 0 aliphatic carbocycles. The zero-order valence-electron chi connectivity index (χ0n) is 7.09. The van der Waals surface area contributed by atoms with Gasteiger partial charge in [-0.2, -0.15) is 18.3 Å². The van der Waals surface area contributed by atoms with E-state index in [4.69, 9.17) is 5.11 Å². The number of halogens is 3. The van der Waals surface area contributed by atoms with Crippen molar-refractivity contribution in [3.8, 4) is 0 Å². The fraction of sp³-hybridized carbons (Fsp3) is 0.429. The molecule has 0 aliphatic rings. The van der Waals surface area contributed by atoms with Crippen LogP contribution in [0.15, 0.2) is 6.20 Å². The number of aromatic nitrogens is 2. The predicted octanol–water partition coefficient (Wildman–Crippen LogP) is 1.62. The Bertz CT molecular complexity index is 345. The summed E-state index contributed by atoms with van der Waals surface area (Å²) in [6, 6.07) is 0. The van der Waals surface area contributed by atoms with Gasteiger partial charge in [0.25, 0.3) is 0 Å². The highest BCUT2D eigenvalue weighted by atomic mass is 19.4. The summed E-state index contributed by atoms with van der Waals surface area (Å²) in [6.45, 7) is 1.17. The van der Waals surface area contributed by atoms with Crippen LogP contribution in [0.5, 0.6) is 0 Å². The SMILES string of the molecule is CC(C(=O)O)c1cn[nH]c1C(F)(F)F. The fourth-order valence-electron chi connectivity index (χ4n) is 0.984. The van der Waals surface area contributed by atoms with E-state index in [0.29, 0.717) is 0 Å². The van der Waals surface area contributed by atoms with Gasteiger partial charge in [0.2, 0.25) is 0 Å². The number of rotatable bonds is 2. The number of aromatic amines is 1. The van der Waals surface area contributed by atoms with E-state index in [1.807, 2.05) is 0 Å². The number of hydrogen-bond donors (Lipinski definition) is 2. The van der Waals surface area contributed by atoms with Gasteiger partial charge in [0.15, 0.2) is 0 Å². The first kappa shape index (κ1) is 10.6. The minimum Gasteiger partial charge on any atom is -0.481 e. The number of aliphatic carboxylic acids is 1. The van der Waals surface area contributed by atoms with Gasteiger partial charge in [0.05, 0.1) is 12.1 Å². The Labute approximate surface area is 76.7 Å². The Morgan fingerprint density at radius 3 is 2.64 bits per heavy atom. The standard InChI is InChI=1S/C7H7F3N2O2/c1-3(6(13)14)4-2-11-12-5(4)7(8,9)10/h2-3H,1H3,(H,11,12)(H,13,14). The third-order valence-corrected chi connectivity index (χ3v) is 1.79. The minimum atomic E-state index is -4.60. The van der Waals surface area contributed by atoms with E-state index < -0.39 is 23.8 Å². The van der Waals surface area contributed by atoms with Crippen molar-refractivity contribution in [3.05, 3.63) is 17.5 Å². The fourth-order valence-corrected chi connectivity index (χ4v) is 0.984. The van der Waals surface area contributed by atoms with Gasteiger partial charge in [0.1, 0.15) is 5.69 Å². The summed E-state index contributed by atoms with van der Waals surface area (Å²) < 4.78 is 36.7. The molecule has 14 heavy (non-hydrogen) atoms. The highest BCUT2D eigenvalue weighted by Crippen LogP contribution is 2.33. The van der Waals surface area contributed by atoms with Gasteiger partial charge >= 0.3 is 12.1 Å². The molecule has 7 heteroatoms. The number of carbonyl (C=O) groups is 1. The Morgan fingerprint density at radius 1 is 1.64 bits per heavy atom. The minimum absolute atomic E-state index is 0.356. The second-order valence-electron chi connectivity index (χ2n) is 2.76. The second-order valence-corrected chi connectivity index (χ2v) is 2.76. The van der Waals surface area contributed by atoms with Gasteiger partial charge in [-0.3, -0.25) is 9.89 Å². The molecule has 1 heterocycles. The number of alkyl halides is 3. The molecule has 2 N–H and O–H groups in total. The molecular weight excluding hydrogens is 201 g/mol. The Kier molecular flexibility index (Phi) is 2.50. The number of H-pyrrole nitrogens is 1. The lowest BCUT2D eigenvalue weighted by Crippen LogP contribution is -2.14. The molecule has 0 radical (unpaired) electrons. The largest absolute Gasteiger partial charge is 0.481 e. The molecule has 0 aromatic carbocycles. The molecule has 78 valence electrons. The second kappa shape index (κ2) is 3.32. The first-order chi connectivity index (χ1) is 6.34. The number of hydrogen-bond acceptors (Lipinski definition) is 2. The molecule has 1 unspecified atom stereocenters. The van der Waals surface area contributed by atoms with E-state index in [1.165, 1.54) is 6.92 Å². The molecule has 0 aliphatic heterocycles. The van der Waals surface area contributed by atoms with Crippen molar-refractivity contribution < 1.29 is 23.1 Å². The van der Waals surface area contributed by atoms with Crippen LogP contribution in [-0.4, -0.2) is 21.3 Å². The van der Waals surface area contributed by atoms with Crippen molar-refractivity contribution in [1.82, 2.24) is 10.2 Å².